The molecule has 2 aliphatic carbocycles. The Morgan fingerprint density at radius 2 is 1.48 bits per heavy atom. The third-order valence-electron chi connectivity index (χ3n) is 5.42. The molecule has 1 N–H and O–H groups in total. The average Bonchev–Trinajstić information content (AvgIpc) is 3.30. The van der Waals surface area contributed by atoms with Gasteiger partial charge in [0.2, 0.25) is 0 Å². The maximum absolute atomic E-state index is 9.37. The predicted molar refractivity (Wildman–Crippen MR) is 112 cm³/mol. The van der Waals surface area contributed by atoms with Crippen molar-refractivity contribution in [3.8, 4) is 5.75 Å². The first-order chi connectivity index (χ1) is 12.1. The van der Waals surface area contributed by atoms with Crippen LogP contribution in [0.15, 0.2) is 42.5 Å². The van der Waals surface area contributed by atoms with Crippen LogP contribution in [0, 0.1) is 23.7 Å². The molecule has 25 heavy (non-hydrogen) atoms. The molecule has 0 heterocycles. The molecule has 2 aliphatic rings. The number of benzene rings is 2. The second-order valence-corrected chi connectivity index (χ2v) is 7.08. The van der Waals surface area contributed by atoms with E-state index >= 15 is 0 Å². The van der Waals surface area contributed by atoms with E-state index in [9.17, 15) is 5.11 Å². The highest BCUT2D eigenvalue weighted by atomic mass is 16.3. The van der Waals surface area contributed by atoms with Crippen LogP contribution in [-0.2, 0) is 0 Å². The minimum Gasteiger partial charge on any atom is -0.507 e. The lowest BCUT2D eigenvalue weighted by Gasteiger charge is -2.24. The molecule has 3 atom stereocenters. The van der Waals surface area contributed by atoms with Crippen molar-refractivity contribution in [2.75, 3.05) is 0 Å². The van der Waals surface area contributed by atoms with E-state index in [1.54, 1.807) is 31.7 Å². The van der Waals surface area contributed by atoms with Crippen LogP contribution in [0.25, 0.3) is 10.8 Å². The van der Waals surface area contributed by atoms with Gasteiger partial charge in [-0.3, -0.25) is 0 Å². The summed E-state index contributed by atoms with van der Waals surface area (Å²) in [4.78, 5) is 0. The van der Waals surface area contributed by atoms with E-state index in [0.717, 1.165) is 34.4 Å². The average molecular weight is 343 g/mol. The normalized spacial score (nSPS) is 23.1. The first kappa shape index (κ1) is 21.5. The van der Waals surface area contributed by atoms with Crippen LogP contribution in [-0.4, -0.2) is 5.11 Å². The summed E-state index contributed by atoms with van der Waals surface area (Å²) >= 11 is 0. The Balaban J connectivity index is 0.000000210. The first-order valence-electron chi connectivity index (χ1n) is 10.3. The van der Waals surface area contributed by atoms with E-state index in [-0.39, 0.29) is 0 Å². The summed E-state index contributed by atoms with van der Waals surface area (Å²) in [5.74, 6) is 4.67. The Bertz CT molecular complexity index is 597. The lowest BCUT2D eigenvalue weighted by atomic mass is 9.81. The zero-order valence-corrected chi connectivity index (χ0v) is 17.1. The Morgan fingerprint density at radius 1 is 0.840 bits per heavy atom. The number of hydrogen-bond acceptors (Lipinski definition) is 1. The van der Waals surface area contributed by atoms with Crippen molar-refractivity contribution in [1.82, 2.24) is 0 Å². The molecule has 2 saturated carbocycles. The van der Waals surface area contributed by atoms with Crippen LogP contribution in [0.3, 0.4) is 0 Å². The fourth-order valence-corrected chi connectivity index (χ4v) is 4.32. The van der Waals surface area contributed by atoms with Gasteiger partial charge in [0.25, 0.3) is 0 Å². The SMILES string of the molecule is CC.CC.CC(C)C1CC2CCC1C2.Oc1cccc2ccccc12. The van der Waals surface area contributed by atoms with Gasteiger partial charge >= 0.3 is 0 Å². The largest absolute Gasteiger partial charge is 0.507 e. The summed E-state index contributed by atoms with van der Waals surface area (Å²) < 4.78 is 0. The van der Waals surface area contributed by atoms with Crippen LogP contribution in [0.5, 0.6) is 5.75 Å². The van der Waals surface area contributed by atoms with Crippen LogP contribution in [0.1, 0.15) is 67.2 Å². The molecule has 1 nitrogen and oxygen atoms in total. The van der Waals surface area contributed by atoms with Gasteiger partial charge in [-0.2, -0.15) is 0 Å². The van der Waals surface area contributed by atoms with E-state index in [4.69, 9.17) is 0 Å². The number of rotatable bonds is 1. The smallest absolute Gasteiger partial charge is 0.123 e. The van der Waals surface area contributed by atoms with Crippen LogP contribution in [0.4, 0.5) is 0 Å². The molecule has 0 saturated heterocycles. The quantitative estimate of drug-likeness (QED) is 0.563. The predicted octanol–water partition coefficient (Wildman–Crippen LogP) is 7.68. The number of phenolic OH excluding ortho intramolecular Hbond substituents is 1. The van der Waals surface area contributed by atoms with Crippen molar-refractivity contribution in [2.24, 2.45) is 23.7 Å². The Labute approximate surface area is 155 Å². The molecular weight excluding hydrogens is 304 g/mol. The van der Waals surface area contributed by atoms with Gasteiger partial charge in [0.15, 0.2) is 0 Å². The highest BCUT2D eigenvalue weighted by molar-refractivity contribution is 5.87. The van der Waals surface area contributed by atoms with Gasteiger partial charge in [0.1, 0.15) is 5.75 Å². The number of fused-ring (bicyclic) bond motifs is 3. The Kier molecular flexibility index (Phi) is 9.63. The summed E-state index contributed by atoms with van der Waals surface area (Å²) in [6.07, 6.45) is 6.23. The molecule has 0 amide bonds. The zero-order chi connectivity index (χ0) is 18.8. The molecule has 0 spiro atoms. The number of hydrogen-bond donors (Lipinski definition) is 1. The van der Waals surface area contributed by atoms with Gasteiger partial charge in [-0.25, -0.2) is 0 Å². The molecule has 2 fully saturated rings. The fourth-order valence-electron chi connectivity index (χ4n) is 4.32. The molecule has 4 rings (SSSR count). The molecule has 3 unspecified atom stereocenters. The molecule has 2 aromatic rings. The van der Waals surface area contributed by atoms with E-state index in [1.807, 2.05) is 64.1 Å². The molecule has 0 aliphatic heterocycles. The second-order valence-electron chi connectivity index (χ2n) is 7.08. The van der Waals surface area contributed by atoms with Gasteiger partial charge in [-0.15, -0.1) is 0 Å². The monoisotopic (exact) mass is 342 g/mol. The lowest BCUT2D eigenvalue weighted by Crippen LogP contribution is -2.15. The van der Waals surface area contributed by atoms with Crippen LogP contribution < -0.4 is 0 Å². The van der Waals surface area contributed by atoms with Gasteiger partial charge in [0.05, 0.1) is 0 Å². The highest BCUT2D eigenvalue weighted by Gasteiger charge is 2.40. The molecule has 2 aromatic carbocycles. The molecule has 0 radical (unpaired) electrons. The summed E-state index contributed by atoms with van der Waals surface area (Å²) in [6, 6.07) is 13.3. The summed E-state index contributed by atoms with van der Waals surface area (Å²) in [6.45, 7) is 12.8. The summed E-state index contributed by atoms with van der Waals surface area (Å²) in [7, 11) is 0. The highest BCUT2D eigenvalue weighted by Crippen LogP contribution is 2.50. The maximum Gasteiger partial charge on any atom is 0.123 e. The van der Waals surface area contributed by atoms with E-state index in [1.165, 1.54) is 0 Å². The minimum atomic E-state index is 0.350. The van der Waals surface area contributed by atoms with Crippen molar-refractivity contribution in [3.05, 3.63) is 42.5 Å². The van der Waals surface area contributed by atoms with Gasteiger partial charge in [0, 0.05) is 5.39 Å². The van der Waals surface area contributed by atoms with Crippen molar-refractivity contribution in [1.29, 1.82) is 0 Å². The Morgan fingerprint density at radius 3 is 1.96 bits per heavy atom. The Hall–Kier alpha value is -1.50. The van der Waals surface area contributed by atoms with Crippen molar-refractivity contribution < 1.29 is 5.11 Å². The van der Waals surface area contributed by atoms with E-state index in [0.29, 0.717) is 5.75 Å². The second kappa shape index (κ2) is 11.2. The standard InChI is InChI=1S/C10H8O.C10H18.2C2H6/c11-10-7-3-5-8-4-1-2-6-9(8)10;1-7(2)10-6-8-3-4-9(10)5-8;2*1-2/h1-7,11H;7-10H,3-6H2,1-2H3;2*1-2H3. The van der Waals surface area contributed by atoms with Crippen molar-refractivity contribution >= 4 is 10.8 Å². The molecule has 0 aromatic heterocycles. The topological polar surface area (TPSA) is 20.2 Å². The lowest BCUT2D eigenvalue weighted by molar-refractivity contribution is 0.256. The first-order valence-corrected chi connectivity index (χ1v) is 10.3. The molecular formula is C24H38O. The third kappa shape index (κ3) is 5.76. The minimum absolute atomic E-state index is 0.350. The number of phenols is 1. The van der Waals surface area contributed by atoms with Crippen LogP contribution in [0.2, 0.25) is 0 Å². The molecule has 1 heteroatoms. The maximum atomic E-state index is 9.37. The molecule has 140 valence electrons. The van der Waals surface area contributed by atoms with Crippen molar-refractivity contribution in [3.63, 3.8) is 0 Å². The third-order valence-corrected chi connectivity index (χ3v) is 5.42. The van der Waals surface area contributed by atoms with Gasteiger partial charge < -0.3 is 5.11 Å². The summed E-state index contributed by atoms with van der Waals surface area (Å²) in [5, 5.41) is 11.4. The van der Waals surface area contributed by atoms with Crippen LogP contribution >= 0.6 is 0 Å². The van der Waals surface area contributed by atoms with E-state index < -0.39 is 0 Å². The van der Waals surface area contributed by atoms with Gasteiger partial charge in [-0.05, 0) is 54.4 Å². The number of aromatic hydroxyl groups is 1. The van der Waals surface area contributed by atoms with E-state index in [2.05, 4.69) is 13.8 Å². The van der Waals surface area contributed by atoms with Crippen molar-refractivity contribution in [2.45, 2.75) is 67.2 Å². The molecule has 2 bridgehead atoms. The zero-order valence-electron chi connectivity index (χ0n) is 17.1. The fraction of sp³-hybridized carbons (Fsp3) is 0.583. The van der Waals surface area contributed by atoms with Gasteiger partial charge in [-0.1, -0.05) is 84.4 Å². The summed E-state index contributed by atoms with van der Waals surface area (Å²) in [5.41, 5.74) is 0.